The van der Waals surface area contributed by atoms with Gasteiger partial charge in [-0.3, -0.25) is 14.2 Å². The Morgan fingerprint density at radius 3 is 2.24 bits per heavy atom. The molecule has 0 unspecified atom stereocenters. The molecule has 1 heterocycles. The molecule has 3 aromatic carbocycles. The Kier molecular flexibility index (Phi) is 10.8. The molecule has 0 atom stereocenters. The Labute approximate surface area is 266 Å². The van der Waals surface area contributed by atoms with Crippen LogP contribution in [0.15, 0.2) is 76.8 Å². The monoisotopic (exact) mass is 650 g/mol. The van der Waals surface area contributed by atoms with Gasteiger partial charge in [-0.2, -0.15) is 0 Å². The predicted octanol–water partition coefficient (Wildman–Crippen LogP) is 3.97. The van der Waals surface area contributed by atoms with Crippen LogP contribution in [0.1, 0.15) is 44.6 Å². The Morgan fingerprint density at radius 2 is 1.60 bits per heavy atom. The van der Waals surface area contributed by atoms with E-state index in [4.69, 9.17) is 4.74 Å². The highest BCUT2D eigenvalue weighted by Gasteiger charge is 2.20. The van der Waals surface area contributed by atoms with Gasteiger partial charge in [0, 0.05) is 25.3 Å². The highest BCUT2D eigenvalue weighted by atomic mass is 32.2. The van der Waals surface area contributed by atoms with Gasteiger partial charge in [-0.05, 0) is 86.5 Å². The van der Waals surface area contributed by atoms with Crippen LogP contribution in [0.25, 0.3) is 5.69 Å². The van der Waals surface area contributed by atoms with Crippen LogP contribution in [-0.4, -0.2) is 71.7 Å². The van der Waals surface area contributed by atoms with E-state index in [9.17, 15) is 22.8 Å². The van der Waals surface area contributed by atoms with Gasteiger partial charge in [-0.25, -0.2) is 17.5 Å². The molecule has 0 fully saturated rings. The largest absolute Gasteiger partial charge is 0.462 e. The van der Waals surface area contributed by atoms with Gasteiger partial charge < -0.3 is 15.4 Å². The van der Waals surface area contributed by atoms with Gasteiger partial charge in [0.1, 0.15) is 0 Å². The van der Waals surface area contributed by atoms with E-state index in [1.807, 2.05) is 32.0 Å². The van der Waals surface area contributed by atoms with E-state index >= 15 is 0 Å². The highest BCUT2D eigenvalue weighted by molar-refractivity contribution is 7.99. The van der Waals surface area contributed by atoms with Crippen molar-refractivity contribution in [3.05, 3.63) is 94.8 Å². The number of sulfonamides is 1. The second-order valence-corrected chi connectivity index (χ2v) is 13.2. The summed E-state index contributed by atoms with van der Waals surface area (Å²) in [5.41, 5.74) is 4.03. The minimum atomic E-state index is -3.62. The Hall–Kier alpha value is -4.53. The van der Waals surface area contributed by atoms with E-state index in [2.05, 4.69) is 20.8 Å². The van der Waals surface area contributed by atoms with Gasteiger partial charge in [0.25, 0.3) is 5.91 Å². The number of hydrogen-bond acceptors (Lipinski definition) is 9. The third kappa shape index (κ3) is 7.95. The summed E-state index contributed by atoms with van der Waals surface area (Å²) in [6.07, 6.45) is 0. The van der Waals surface area contributed by atoms with Crippen molar-refractivity contribution < 1.29 is 27.5 Å². The van der Waals surface area contributed by atoms with Crippen molar-refractivity contribution in [1.82, 2.24) is 24.4 Å². The number of thioether (sulfide) groups is 1. The Morgan fingerprint density at radius 1 is 0.933 bits per heavy atom. The molecule has 14 heteroatoms. The summed E-state index contributed by atoms with van der Waals surface area (Å²) in [4.78, 5) is 37.7. The Balaban J connectivity index is 1.49. The molecule has 0 saturated carbocycles. The van der Waals surface area contributed by atoms with Gasteiger partial charge in [-0.1, -0.05) is 23.9 Å². The van der Waals surface area contributed by atoms with Crippen LogP contribution in [0.3, 0.4) is 0 Å². The number of aryl methyl sites for hydroxylation is 1. The molecule has 4 rings (SSSR count). The zero-order valence-corrected chi connectivity index (χ0v) is 27.2. The zero-order chi connectivity index (χ0) is 32.7. The number of rotatable bonds is 12. The number of carbonyl (C=O) groups excluding carboxylic acids is 3. The Bertz CT molecular complexity index is 1800. The average Bonchev–Trinajstić information content (AvgIpc) is 3.43. The van der Waals surface area contributed by atoms with Crippen molar-refractivity contribution in [3.8, 4) is 5.69 Å². The fraction of sp³-hybridized carbons (Fsp3) is 0.258. The molecule has 0 radical (unpaired) electrons. The quantitative estimate of drug-likeness (QED) is 0.171. The van der Waals surface area contributed by atoms with Gasteiger partial charge in [0.05, 0.1) is 35.1 Å². The second kappa shape index (κ2) is 14.5. The molecule has 0 saturated heterocycles. The van der Waals surface area contributed by atoms with Gasteiger partial charge in [0.2, 0.25) is 15.9 Å². The minimum absolute atomic E-state index is 0.0243. The molecule has 0 bridgehead atoms. The lowest BCUT2D eigenvalue weighted by molar-refractivity contribution is -0.113. The smallest absolute Gasteiger partial charge is 0.338 e. The topological polar surface area (TPSA) is 153 Å². The van der Waals surface area contributed by atoms with Crippen LogP contribution < -0.4 is 10.6 Å². The number of carbonyl (C=O) groups is 3. The molecule has 2 N–H and O–H groups in total. The first-order valence-electron chi connectivity index (χ1n) is 13.9. The highest BCUT2D eigenvalue weighted by Crippen LogP contribution is 2.26. The van der Waals surface area contributed by atoms with Crippen LogP contribution in [0, 0.1) is 13.8 Å². The van der Waals surface area contributed by atoms with Crippen LogP contribution in [0.5, 0.6) is 0 Å². The normalized spacial score (nSPS) is 11.3. The number of amides is 2. The number of nitrogens with one attached hydrogen (secondary N) is 2. The van der Waals surface area contributed by atoms with Crippen molar-refractivity contribution in [1.29, 1.82) is 0 Å². The lowest BCUT2D eigenvalue weighted by Gasteiger charge is -2.15. The summed E-state index contributed by atoms with van der Waals surface area (Å²) >= 11 is 1.19. The zero-order valence-electron chi connectivity index (χ0n) is 25.5. The van der Waals surface area contributed by atoms with Crippen molar-refractivity contribution in [3.63, 3.8) is 0 Å². The van der Waals surface area contributed by atoms with Gasteiger partial charge in [-0.15, -0.1) is 10.2 Å². The van der Waals surface area contributed by atoms with Crippen LogP contribution in [0.4, 0.5) is 5.69 Å². The minimum Gasteiger partial charge on any atom is -0.462 e. The fourth-order valence-corrected chi connectivity index (χ4v) is 5.88. The second-order valence-electron chi connectivity index (χ2n) is 10.1. The van der Waals surface area contributed by atoms with E-state index in [0.29, 0.717) is 22.2 Å². The van der Waals surface area contributed by atoms with E-state index in [-0.39, 0.29) is 35.3 Å². The first-order chi connectivity index (χ1) is 21.4. The maximum Gasteiger partial charge on any atom is 0.338 e. The van der Waals surface area contributed by atoms with E-state index in [1.165, 1.54) is 50.1 Å². The first kappa shape index (κ1) is 33.4. The van der Waals surface area contributed by atoms with E-state index in [0.717, 1.165) is 21.1 Å². The molecule has 4 aromatic rings. The van der Waals surface area contributed by atoms with Crippen LogP contribution in [0.2, 0.25) is 0 Å². The number of anilines is 1. The molecule has 236 valence electrons. The molecular formula is C31H34N6O6S2. The van der Waals surface area contributed by atoms with Crippen molar-refractivity contribution >= 4 is 45.3 Å². The average molecular weight is 651 g/mol. The summed E-state index contributed by atoms with van der Waals surface area (Å²) in [5.74, 6) is -0.661. The molecule has 1 aromatic heterocycles. The molecule has 0 aliphatic heterocycles. The molecule has 0 aliphatic rings. The van der Waals surface area contributed by atoms with Gasteiger partial charge in [0.15, 0.2) is 11.0 Å². The van der Waals surface area contributed by atoms with Crippen molar-refractivity contribution in [2.45, 2.75) is 37.4 Å². The summed E-state index contributed by atoms with van der Waals surface area (Å²) in [5, 5.41) is 14.7. The third-order valence-corrected chi connectivity index (χ3v) is 9.59. The maximum absolute atomic E-state index is 13.0. The molecule has 45 heavy (non-hydrogen) atoms. The number of esters is 1. The van der Waals surface area contributed by atoms with Crippen molar-refractivity contribution in [2.24, 2.45) is 0 Å². The number of aromatic nitrogens is 3. The maximum atomic E-state index is 13.0. The number of nitrogens with zero attached hydrogens (tertiary/aromatic N) is 4. The number of benzene rings is 3. The lowest BCUT2D eigenvalue weighted by atomic mass is 10.1. The SMILES string of the molecule is CCOC(=O)c1ccc(NC(=O)CSc2nnc(CNC(=O)c3ccc(S(=O)(=O)N(C)C)cc3)n2-c2cccc(C)c2C)cc1. The van der Waals surface area contributed by atoms with Crippen LogP contribution >= 0.6 is 11.8 Å². The lowest BCUT2D eigenvalue weighted by Crippen LogP contribution is -2.25. The fourth-order valence-electron chi connectivity index (χ4n) is 4.21. The molecular weight excluding hydrogens is 617 g/mol. The van der Waals surface area contributed by atoms with Gasteiger partial charge >= 0.3 is 5.97 Å². The molecule has 0 spiro atoms. The summed E-state index contributed by atoms with van der Waals surface area (Å²) in [7, 11) is -0.742. The molecule has 2 amide bonds. The number of ether oxygens (including phenoxy) is 1. The van der Waals surface area contributed by atoms with Crippen molar-refractivity contribution in [2.75, 3.05) is 31.8 Å². The first-order valence-corrected chi connectivity index (χ1v) is 16.4. The molecule has 12 nitrogen and oxygen atoms in total. The standard InChI is InChI=1S/C31H34N6O6S2/c1-6-43-30(40)23-10-14-24(15-11-23)33-28(38)19-44-31-35-34-27(37(31)26-9-7-8-20(2)21(26)3)18-32-29(39)22-12-16-25(17-13-22)45(41,42)36(4)5/h7-17H,6,18-19H2,1-5H3,(H,32,39)(H,33,38). The predicted molar refractivity (Wildman–Crippen MR) is 171 cm³/mol. The third-order valence-electron chi connectivity index (χ3n) is 6.83. The van der Waals surface area contributed by atoms with E-state index < -0.39 is 21.9 Å². The summed E-state index contributed by atoms with van der Waals surface area (Å²) in [6.45, 7) is 5.98. The van der Waals surface area contributed by atoms with Crippen LogP contribution in [-0.2, 0) is 26.1 Å². The number of hydrogen-bond donors (Lipinski definition) is 2. The molecule has 0 aliphatic carbocycles. The summed E-state index contributed by atoms with van der Waals surface area (Å²) < 4.78 is 32.6. The summed E-state index contributed by atoms with van der Waals surface area (Å²) in [6, 6.07) is 17.9. The van der Waals surface area contributed by atoms with E-state index in [1.54, 1.807) is 35.8 Å².